The number of hydrogen-bond donors (Lipinski definition) is 0. The maximum atomic E-state index is 12.2. The Labute approximate surface area is 169 Å². The summed E-state index contributed by atoms with van der Waals surface area (Å²) in [6, 6.07) is 0. The van der Waals surface area contributed by atoms with E-state index in [1.165, 1.54) is 12.0 Å². The fourth-order valence-corrected chi connectivity index (χ4v) is 7.51. The van der Waals surface area contributed by atoms with Gasteiger partial charge in [0.25, 0.3) is 0 Å². The molecule has 0 saturated heterocycles. The van der Waals surface area contributed by atoms with E-state index in [0.29, 0.717) is 36.5 Å². The van der Waals surface area contributed by atoms with Crippen LogP contribution in [0, 0.1) is 46.8 Å². The highest BCUT2D eigenvalue weighted by atomic mass is 16.5. The zero-order chi connectivity index (χ0) is 20.1. The van der Waals surface area contributed by atoms with Crippen LogP contribution in [0.1, 0.15) is 78.6 Å². The second kappa shape index (κ2) is 7.05. The van der Waals surface area contributed by atoms with Gasteiger partial charge >= 0.3 is 5.97 Å². The summed E-state index contributed by atoms with van der Waals surface area (Å²) in [5.74, 6) is 5.28. The van der Waals surface area contributed by atoms with E-state index >= 15 is 0 Å². The van der Waals surface area contributed by atoms with Gasteiger partial charge < -0.3 is 4.74 Å². The molecule has 0 unspecified atom stereocenters. The molecule has 0 aromatic rings. The lowest BCUT2D eigenvalue weighted by molar-refractivity contribution is -0.160. The maximum Gasteiger partial charge on any atom is 0.305 e. The Kier molecular flexibility index (Phi) is 4.97. The van der Waals surface area contributed by atoms with Crippen LogP contribution in [0.5, 0.6) is 0 Å². The lowest BCUT2D eigenvalue weighted by atomic mass is 9.45. The number of rotatable bonds is 3. The zero-order valence-electron chi connectivity index (χ0n) is 17.6. The fraction of sp³-hybridized carbons (Fsp3) is 0.760. The number of ether oxygens (including phenoxy) is 1. The highest BCUT2D eigenvalue weighted by Crippen LogP contribution is 2.66. The van der Waals surface area contributed by atoms with Crippen LogP contribution in [-0.4, -0.2) is 17.9 Å². The Morgan fingerprint density at radius 1 is 1.25 bits per heavy atom. The Balaban J connectivity index is 1.66. The van der Waals surface area contributed by atoms with E-state index in [-0.39, 0.29) is 28.7 Å². The highest BCUT2D eigenvalue weighted by molar-refractivity contribution is 5.91. The normalized spacial score (nSPS) is 44.6. The summed E-state index contributed by atoms with van der Waals surface area (Å²) in [4.78, 5) is 24.2. The molecule has 28 heavy (non-hydrogen) atoms. The number of carbonyl (C=O) groups excluding carboxylic acids is 2. The van der Waals surface area contributed by atoms with E-state index in [0.717, 1.165) is 38.5 Å². The Bertz CT molecular complexity index is 743. The van der Waals surface area contributed by atoms with Gasteiger partial charge in [0.15, 0.2) is 5.78 Å². The standard InChI is InChI=1S/C25H34O3/c1-5-7-16-14-18-19-8-9-22(28-23(27)6-2)25(19,4)13-11-20(18)24(3)12-10-17(26)15-21(16)24/h1,15-16,18-20,22H,6-14H2,2-4H3/t16-,18+,19+,20+,22+,24-,25+/m1/s1. The van der Waals surface area contributed by atoms with Gasteiger partial charge in [-0.05, 0) is 73.7 Å². The van der Waals surface area contributed by atoms with Crippen LogP contribution in [0.15, 0.2) is 11.6 Å². The van der Waals surface area contributed by atoms with Crippen LogP contribution in [-0.2, 0) is 14.3 Å². The largest absolute Gasteiger partial charge is 0.462 e. The molecule has 0 aromatic heterocycles. The molecule has 0 N–H and O–H groups in total. The van der Waals surface area contributed by atoms with Gasteiger partial charge in [0.2, 0.25) is 0 Å². The van der Waals surface area contributed by atoms with Crippen LogP contribution in [0.25, 0.3) is 0 Å². The first-order valence-electron chi connectivity index (χ1n) is 11.2. The molecule has 4 rings (SSSR count). The summed E-state index contributed by atoms with van der Waals surface area (Å²) in [6.45, 7) is 6.64. The van der Waals surface area contributed by atoms with Gasteiger partial charge in [-0.15, -0.1) is 12.3 Å². The van der Waals surface area contributed by atoms with E-state index in [1.54, 1.807) is 0 Å². The molecule has 3 nitrogen and oxygen atoms in total. The molecule has 3 heteroatoms. The quantitative estimate of drug-likeness (QED) is 0.504. The van der Waals surface area contributed by atoms with Crippen LogP contribution < -0.4 is 0 Å². The minimum absolute atomic E-state index is 0.0641. The van der Waals surface area contributed by atoms with Crippen molar-refractivity contribution < 1.29 is 14.3 Å². The third-order valence-corrected chi connectivity index (χ3v) is 8.96. The second-order valence-electron chi connectivity index (χ2n) is 10.2. The van der Waals surface area contributed by atoms with Crippen molar-refractivity contribution in [3.05, 3.63) is 11.6 Å². The number of fused-ring (bicyclic) bond motifs is 5. The van der Waals surface area contributed by atoms with E-state index < -0.39 is 0 Å². The first-order chi connectivity index (χ1) is 13.3. The molecule has 3 saturated carbocycles. The Morgan fingerprint density at radius 3 is 2.75 bits per heavy atom. The van der Waals surface area contributed by atoms with Crippen molar-refractivity contribution in [1.29, 1.82) is 0 Å². The van der Waals surface area contributed by atoms with Gasteiger partial charge in [-0.1, -0.05) is 26.3 Å². The van der Waals surface area contributed by atoms with E-state index in [2.05, 4.69) is 19.8 Å². The predicted octanol–water partition coefficient (Wildman–Crippen LogP) is 5.09. The summed E-state index contributed by atoms with van der Waals surface area (Å²) in [5.41, 5.74) is 1.55. The third-order valence-electron chi connectivity index (χ3n) is 8.96. The van der Waals surface area contributed by atoms with E-state index in [9.17, 15) is 9.59 Å². The summed E-state index contributed by atoms with van der Waals surface area (Å²) >= 11 is 0. The van der Waals surface area contributed by atoms with E-state index in [1.807, 2.05) is 13.0 Å². The van der Waals surface area contributed by atoms with Gasteiger partial charge in [-0.2, -0.15) is 0 Å². The smallest absolute Gasteiger partial charge is 0.305 e. The van der Waals surface area contributed by atoms with Crippen molar-refractivity contribution >= 4 is 11.8 Å². The van der Waals surface area contributed by atoms with Gasteiger partial charge in [0, 0.05) is 24.7 Å². The van der Waals surface area contributed by atoms with Gasteiger partial charge in [0.1, 0.15) is 6.10 Å². The zero-order valence-corrected chi connectivity index (χ0v) is 17.6. The molecule has 152 valence electrons. The molecule has 0 bridgehead atoms. The minimum atomic E-state index is -0.0641. The molecule has 0 aliphatic heterocycles. The Morgan fingerprint density at radius 2 is 2.04 bits per heavy atom. The monoisotopic (exact) mass is 382 g/mol. The topological polar surface area (TPSA) is 43.4 Å². The summed E-state index contributed by atoms with van der Waals surface area (Å²) in [6.07, 6.45) is 16.1. The number of allylic oxidation sites excluding steroid dienone is 1. The van der Waals surface area contributed by atoms with Crippen LogP contribution in [0.2, 0.25) is 0 Å². The molecule has 3 fully saturated rings. The van der Waals surface area contributed by atoms with Crippen LogP contribution in [0.3, 0.4) is 0 Å². The van der Waals surface area contributed by atoms with Crippen molar-refractivity contribution in [3.63, 3.8) is 0 Å². The first-order valence-corrected chi connectivity index (χ1v) is 11.2. The second-order valence-corrected chi connectivity index (χ2v) is 10.2. The number of carbonyl (C=O) groups is 2. The molecule has 0 aromatic carbocycles. The van der Waals surface area contributed by atoms with Crippen molar-refractivity contribution in [2.24, 2.45) is 34.5 Å². The molecule has 7 atom stereocenters. The van der Waals surface area contributed by atoms with Crippen molar-refractivity contribution in [1.82, 2.24) is 0 Å². The minimum Gasteiger partial charge on any atom is -0.462 e. The fourth-order valence-electron chi connectivity index (χ4n) is 7.51. The molecular formula is C25H34O3. The summed E-state index contributed by atoms with van der Waals surface area (Å²) in [7, 11) is 0. The number of ketones is 1. The third kappa shape index (κ3) is 2.87. The molecule has 0 heterocycles. The highest BCUT2D eigenvalue weighted by Gasteiger charge is 2.61. The first kappa shape index (κ1) is 19.7. The van der Waals surface area contributed by atoms with Gasteiger partial charge in [0.05, 0.1) is 0 Å². The maximum absolute atomic E-state index is 12.2. The van der Waals surface area contributed by atoms with E-state index in [4.69, 9.17) is 11.2 Å². The molecule has 0 spiro atoms. The molecular weight excluding hydrogens is 348 g/mol. The molecule has 4 aliphatic rings. The van der Waals surface area contributed by atoms with Crippen LogP contribution >= 0.6 is 0 Å². The Hall–Kier alpha value is -1.56. The average Bonchev–Trinajstić information content (AvgIpc) is 2.99. The number of hydrogen-bond acceptors (Lipinski definition) is 3. The van der Waals surface area contributed by atoms with Crippen molar-refractivity contribution in [3.8, 4) is 12.3 Å². The van der Waals surface area contributed by atoms with Gasteiger partial charge in [-0.25, -0.2) is 0 Å². The van der Waals surface area contributed by atoms with Crippen molar-refractivity contribution in [2.75, 3.05) is 0 Å². The summed E-state index contributed by atoms with van der Waals surface area (Å²) in [5, 5.41) is 0. The summed E-state index contributed by atoms with van der Waals surface area (Å²) < 4.78 is 5.91. The molecule has 0 radical (unpaired) electrons. The lowest BCUT2D eigenvalue weighted by Crippen LogP contribution is -2.53. The van der Waals surface area contributed by atoms with Crippen LogP contribution in [0.4, 0.5) is 0 Å². The number of esters is 1. The number of terminal acetylenes is 1. The molecule has 0 amide bonds. The molecule has 4 aliphatic carbocycles. The van der Waals surface area contributed by atoms with Crippen molar-refractivity contribution in [2.45, 2.75) is 84.7 Å². The predicted molar refractivity (Wildman–Crippen MR) is 109 cm³/mol. The average molecular weight is 383 g/mol. The lowest BCUT2D eigenvalue weighted by Gasteiger charge is -2.59. The van der Waals surface area contributed by atoms with Gasteiger partial charge in [-0.3, -0.25) is 9.59 Å². The SMILES string of the molecule is C#CC[C@@H]1C[C@H]2[C@@H]3CC[C@H](OC(=O)CC)[C@@]3(C)CC[C@@H]2[C@@]2(C)CCC(=O)C=C12.